The zero-order valence-corrected chi connectivity index (χ0v) is 10.0. The Morgan fingerprint density at radius 1 is 0.857 bits per heavy atom. The largest absolute Gasteiger partial charge is 0.0620 e. The molecular formula is C14H26. The molecule has 14 heavy (non-hydrogen) atoms. The molecule has 2 aliphatic carbocycles. The maximum Gasteiger partial charge on any atom is -0.0272 e. The highest BCUT2D eigenvalue weighted by atomic mass is 14.5. The Morgan fingerprint density at radius 2 is 1.50 bits per heavy atom. The molecule has 0 amide bonds. The highest BCUT2D eigenvalue weighted by Crippen LogP contribution is 2.50. The Bertz CT molecular complexity index is 178. The SMILES string of the molecule is CC1CCCCC1(C)C1CCCCC1. The predicted octanol–water partition coefficient (Wildman–Crippen LogP) is 4.78. The van der Waals surface area contributed by atoms with Crippen molar-refractivity contribution in [2.45, 2.75) is 71.6 Å². The van der Waals surface area contributed by atoms with E-state index in [9.17, 15) is 0 Å². The lowest BCUT2D eigenvalue weighted by Crippen LogP contribution is -2.37. The van der Waals surface area contributed by atoms with E-state index >= 15 is 0 Å². The summed E-state index contributed by atoms with van der Waals surface area (Å²) in [6, 6.07) is 0. The van der Waals surface area contributed by atoms with E-state index in [4.69, 9.17) is 0 Å². The normalized spacial score (nSPS) is 41.1. The van der Waals surface area contributed by atoms with Crippen LogP contribution in [0.25, 0.3) is 0 Å². The Labute approximate surface area is 89.5 Å². The summed E-state index contributed by atoms with van der Waals surface area (Å²) in [5.41, 5.74) is 0.707. The molecule has 2 aliphatic rings. The monoisotopic (exact) mass is 194 g/mol. The second-order valence-electron chi connectivity index (χ2n) is 5.99. The lowest BCUT2D eigenvalue weighted by atomic mass is 9.58. The van der Waals surface area contributed by atoms with E-state index in [0.717, 1.165) is 11.8 Å². The number of hydrogen-bond donors (Lipinski definition) is 0. The summed E-state index contributed by atoms with van der Waals surface area (Å²) >= 11 is 0. The molecule has 0 aromatic carbocycles. The third kappa shape index (κ3) is 1.85. The zero-order valence-electron chi connectivity index (χ0n) is 10.0. The standard InChI is InChI=1S/C14H26/c1-12-8-6-7-11-14(12,2)13-9-4-3-5-10-13/h12-13H,3-11H2,1-2H3. The molecule has 0 heteroatoms. The smallest absolute Gasteiger partial charge is 0.0272 e. The third-order valence-corrected chi connectivity index (χ3v) is 5.27. The van der Waals surface area contributed by atoms with Crippen molar-refractivity contribution >= 4 is 0 Å². The second-order valence-corrected chi connectivity index (χ2v) is 5.99. The van der Waals surface area contributed by atoms with Crippen molar-refractivity contribution in [1.82, 2.24) is 0 Å². The fourth-order valence-corrected chi connectivity index (χ4v) is 3.90. The Hall–Kier alpha value is 0. The van der Waals surface area contributed by atoms with Crippen molar-refractivity contribution in [3.63, 3.8) is 0 Å². The van der Waals surface area contributed by atoms with Gasteiger partial charge in [-0.25, -0.2) is 0 Å². The van der Waals surface area contributed by atoms with Gasteiger partial charge in [-0.3, -0.25) is 0 Å². The van der Waals surface area contributed by atoms with Gasteiger partial charge in [-0.15, -0.1) is 0 Å². The van der Waals surface area contributed by atoms with Gasteiger partial charge in [0.2, 0.25) is 0 Å². The van der Waals surface area contributed by atoms with Crippen molar-refractivity contribution < 1.29 is 0 Å². The molecule has 2 unspecified atom stereocenters. The van der Waals surface area contributed by atoms with Gasteiger partial charge in [-0.2, -0.15) is 0 Å². The minimum Gasteiger partial charge on any atom is -0.0620 e. The van der Waals surface area contributed by atoms with Crippen LogP contribution in [0.5, 0.6) is 0 Å². The quantitative estimate of drug-likeness (QED) is 0.563. The van der Waals surface area contributed by atoms with Gasteiger partial charge in [0.15, 0.2) is 0 Å². The zero-order chi connectivity index (χ0) is 10.0. The second kappa shape index (κ2) is 4.24. The molecule has 2 saturated carbocycles. The molecule has 2 fully saturated rings. The summed E-state index contributed by atoms with van der Waals surface area (Å²) in [4.78, 5) is 0. The van der Waals surface area contributed by atoms with Crippen molar-refractivity contribution in [1.29, 1.82) is 0 Å². The van der Waals surface area contributed by atoms with Crippen LogP contribution in [0.3, 0.4) is 0 Å². The molecule has 82 valence electrons. The first-order valence-corrected chi connectivity index (χ1v) is 6.73. The Morgan fingerprint density at radius 3 is 2.14 bits per heavy atom. The molecule has 0 saturated heterocycles. The molecule has 2 rings (SSSR count). The lowest BCUT2D eigenvalue weighted by Gasteiger charge is -2.47. The molecule has 0 aliphatic heterocycles. The van der Waals surface area contributed by atoms with Gasteiger partial charge in [0.05, 0.1) is 0 Å². The first-order chi connectivity index (χ1) is 6.73. The van der Waals surface area contributed by atoms with Crippen LogP contribution >= 0.6 is 0 Å². The number of rotatable bonds is 1. The van der Waals surface area contributed by atoms with Gasteiger partial charge in [0.25, 0.3) is 0 Å². The molecule has 0 heterocycles. The Kier molecular flexibility index (Phi) is 3.19. The van der Waals surface area contributed by atoms with Crippen molar-refractivity contribution in [2.75, 3.05) is 0 Å². The van der Waals surface area contributed by atoms with E-state index in [-0.39, 0.29) is 0 Å². The minimum absolute atomic E-state index is 0.707. The maximum atomic E-state index is 2.59. The van der Waals surface area contributed by atoms with Gasteiger partial charge in [-0.1, -0.05) is 52.4 Å². The van der Waals surface area contributed by atoms with Crippen molar-refractivity contribution in [3.05, 3.63) is 0 Å². The van der Waals surface area contributed by atoms with Crippen LogP contribution < -0.4 is 0 Å². The van der Waals surface area contributed by atoms with E-state index in [1.165, 1.54) is 57.8 Å². The molecule has 0 spiro atoms. The highest BCUT2D eigenvalue weighted by Gasteiger charge is 2.40. The first-order valence-electron chi connectivity index (χ1n) is 6.73. The van der Waals surface area contributed by atoms with E-state index in [0.29, 0.717) is 5.41 Å². The third-order valence-electron chi connectivity index (χ3n) is 5.27. The molecule has 0 bridgehead atoms. The number of hydrogen-bond acceptors (Lipinski definition) is 0. The first kappa shape index (κ1) is 10.5. The minimum atomic E-state index is 0.707. The van der Waals surface area contributed by atoms with Crippen LogP contribution in [-0.4, -0.2) is 0 Å². The molecule has 0 N–H and O–H groups in total. The summed E-state index contributed by atoms with van der Waals surface area (Å²) in [6.45, 7) is 5.10. The molecule has 0 aromatic heterocycles. The van der Waals surface area contributed by atoms with Crippen LogP contribution in [0.1, 0.15) is 71.6 Å². The van der Waals surface area contributed by atoms with E-state index in [1.807, 2.05) is 0 Å². The van der Waals surface area contributed by atoms with Crippen LogP contribution in [0.15, 0.2) is 0 Å². The van der Waals surface area contributed by atoms with Crippen molar-refractivity contribution in [3.8, 4) is 0 Å². The van der Waals surface area contributed by atoms with Gasteiger partial charge in [0.1, 0.15) is 0 Å². The summed E-state index contributed by atoms with van der Waals surface area (Å²) in [6.07, 6.45) is 13.6. The molecular weight excluding hydrogens is 168 g/mol. The average molecular weight is 194 g/mol. The highest BCUT2D eigenvalue weighted by molar-refractivity contribution is 4.90. The van der Waals surface area contributed by atoms with Crippen LogP contribution in [0.4, 0.5) is 0 Å². The van der Waals surface area contributed by atoms with Crippen LogP contribution in [0.2, 0.25) is 0 Å². The molecule has 0 radical (unpaired) electrons. The van der Waals surface area contributed by atoms with Crippen LogP contribution in [-0.2, 0) is 0 Å². The van der Waals surface area contributed by atoms with E-state index in [1.54, 1.807) is 0 Å². The summed E-state index contributed by atoms with van der Waals surface area (Å²) in [5.74, 6) is 2.05. The molecule has 2 atom stereocenters. The van der Waals surface area contributed by atoms with Crippen LogP contribution in [0, 0.1) is 17.3 Å². The summed E-state index contributed by atoms with van der Waals surface area (Å²) < 4.78 is 0. The average Bonchev–Trinajstić information content (AvgIpc) is 2.24. The van der Waals surface area contributed by atoms with Gasteiger partial charge in [-0.05, 0) is 36.5 Å². The topological polar surface area (TPSA) is 0 Å². The lowest BCUT2D eigenvalue weighted by molar-refractivity contribution is 0.0322. The Balaban J connectivity index is 2.03. The molecule has 0 aromatic rings. The molecule has 0 nitrogen and oxygen atoms in total. The fourth-order valence-electron chi connectivity index (χ4n) is 3.90. The predicted molar refractivity (Wildman–Crippen MR) is 62.3 cm³/mol. The van der Waals surface area contributed by atoms with Crippen molar-refractivity contribution in [2.24, 2.45) is 17.3 Å². The summed E-state index contributed by atoms with van der Waals surface area (Å²) in [5, 5.41) is 0. The fraction of sp³-hybridized carbons (Fsp3) is 1.00. The maximum absolute atomic E-state index is 2.59. The summed E-state index contributed by atoms with van der Waals surface area (Å²) in [7, 11) is 0. The van der Waals surface area contributed by atoms with Gasteiger partial charge >= 0.3 is 0 Å². The van der Waals surface area contributed by atoms with Gasteiger partial charge in [0, 0.05) is 0 Å². The van der Waals surface area contributed by atoms with Gasteiger partial charge < -0.3 is 0 Å². The van der Waals surface area contributed by atoms with E-state index < -0.39 is 0 Å². The van der Waals surface area contributed by atoms with E-state index in [2.05, 4.69) is 13.8 Å².